The zero-order chi connectivity index (χ0) is 14.3. The van der Waals surface area contributed by atoms with Crippen molar-refractivity contribution in [2.24, 2.45) is 11.3 Å². The van der Waals surface area contributed by atoms with E-state index < -0.39 is 0 Å². The van der Waals surface area contributed by atoms with E-state index in [9.17, 15) is 5.26 Å². The second-order valence-corrected chi connectivity index (χ2v) is 6.93. The molecule has 0 aromatic heterocycles. The van der Waals surface area contributed by atoms with Crippen molar-refractivity contribution in [2.75, 3.05) is 26.2 Å². The van der Waals surface area contributed by atoms with E-state index in [1.807, 2.05) is 0 Å². The second kappa shape index (κ2) is 7.87. The molecule has 1 N–H and O–H groups in total. The fourth-order valence-electron chi connectivity index (χ4n) is 2.93. The zero-order valence-electron chi connectivity index (χ0n) is 13.2. The van der Waals surface area contributed by atoms with Crippen LogP contribution in [0.1, 0.15) is 53.4 Å². The molecule has 0 amide bonds. The summed E-state index contributed by atoms with van der Waals surface area (Å²) in [5, 5.41) is 12.5. The summed E-state index contributed by atoms with van der Waals surface area (Å²) in [7, 11) is 0. The molecule has 1 saturated heterocycles. The first-order valence-electron chi connectivity index (χ1n) is 7.82. The van der Waals surface area contributed by atoms with Crippen LogP contribution in [0.15, 0.2) is 0 Å². The van der Waals surface area contributed by atoms with Gasteiger partial charge in [0.2, 0.25) is 0 Å². The molecule has 2 unspecified atom stereocenters. The highest BCUT2D eigenvalue weighted by Gasteiger charge is 2.27. The normalized spacial score (nSPS) is 23.6. The Hall–Kier alpha value is -0.590. The molecule has 0 aromatic carbocycles. The Labute approximate surface area is 119 Å². The minimum Gasteiger partial charge on any atom is -0.301 e. The Bertz CT molecular complexity index is 287. The summed E-state index contributed by atoms with van der Waals surface area (Å²) in [6.07, 6.45) is 4.97. The van der Waals surface area contributed by atoms with Crippen LogP contribution in [0.3, 0.4) is 0 Å². The van der Waals surface area contributed by atoms with Gasteiger partial charge < -0.3 is 10.2 Å². The van der Waals surface area contributed by atoms with Crippen LogP contribution in [0.25, 0.3) is 0 Å². The van der Waals surface area contributed by atoms with E-state index in [-0.39, 0.29) is 6.04 Å². The molecule has 0 aliphatic carbocycles. The molecule has 0 aromatic rings. The number of nitrogens with zero attached hydrogens (tertiary/aromatic N) is 2. The van der Waals surface area contributed by atoms with Gasteiger partial charge in [-0.3, -0.25) is 0 Å². The van der Waals surface area contributed by atoms with Gasteiger partial charge in [-0.2, -0.15) is 5.26 Å². The highest BCUT2D eigenvalue weighted by Crippen LogP contribution is 2.34. The Kier molecular flexibility index (Phi) is 6.82. The van der Waals surface area contributed by atoms with Gasteiger partial charge in [0.1, 0.15) is 6.04 Å². The monoisotopic (exact) mass is 265 g/mol. The molecule has 0 bridgehead atoms. The summed E-state index contributed by atoms with van der Waals surface area (Å²) in [4.78, 5) is 2.47. The van der Waals surface area contributed by atoms with E-state index in [0.29, 0.717) is 5.41 Å². The van der Waals surface area contributed by atoms with Crippen molar-refractivity contribution >= 4 is 0 Å². The van der Waals surface area contributed by atoms with Gasteiger partial charge in [0.05, 0.1) is 6.07 Å². The van der Waals surface area contributed by atoms with Crippen molar-refractivity contribution in [3.63, 3.8) is 0 Å². The molecule has 1 fully saturated rings. The first-order valence-corrected chi connectivity index (χ1v) is 7.82. The molecule has 1 aliphatic heterocycles. The molecule has 0 spiro atoms. The maximum absolute atomic E-state index is 9.20. The summed E-state index contributed by atoms with van der Waals surface area (Å²) in [6, 6.07) is 2.39. The van der Waals surface area contributed by atoms with Gasteiger partial charge in [0, 0.05) is 6.54 Å². The van der Waals surface area contributed by atoms with Crippen LogP contribution in [0.5, 0.6) is 0 Å². The number of nitrogens with one attached hydrogen (secondary N) is 1. The molecule has 3 nitrogen and oxygen atoms in total. The van der Waals surface area contributed by atoms with Crippen LogP contribution in [0.2, 0.25) is 0 Å². The van der Waals surface area contributed by atoms with E-state index in [0.717, 1.165) is 38.5 Å². The largest absolute Gasteiger partial charge is 0.301 e. The van der Waals surface area contributed by atoms with Gasteiger partial charge in [-0.1, -0.05) is 27.7 Å². The molecule has 0 radical (unpaired) electrons. The highest BCUT2D eigenvalue weighted by molar-refractivity contribution is 4.92. The predicted octanol–water partition coefficient (Wildman–Crippen LogP) is 3.03. The first kappa shape index (κ1) is 16.5. The number of nitriles is 1. The van der Waals surface area contributed by atoms with Crippen molar-refractivity contribution in [2.45, 2.75) is 59.4 Å². The van der Waals surface area contributed by atoms with Gasteiger partial charge in [0.15, 0.2) is 0 Å². The third-order valence-corrected chi connectivity index (χ3v) is 4.28. The summed E-state index contributed by atoms with van der Waals surface area (Å²) in [5.41, 5.74) is 0.422. The summed E-state index contributed by atoms with van der Waals surface area (Å²) >= 11 is 0. The number of hydrogen-bond donors (Lipinski definition) is 1. The maximum atomic E-state index is 9.20. The van der Waals surface area contributed by atoms with Gasteiger partial charge in [-0.05, 0) is 56.7 Å². The van der Waals surface area contributed by atoms with Gasteiger partial charge in [0.25, 0.3) is 0 Å². The summed E-state index contributed by atoms with van der Waals surface area (Å²) in [5.74, 6) is 0.821. The van der Waals surface area contributed by atoms with E-state index in [2.05, 4.69) is 44.0 Å². The molecule has 0 saturated carbocycles. The Morgan fingerprint density at radius 3 is 2.63 bits per heavy atom. The van der Waals surface area contributed by atoms with Crippen LogP contribution in [-0.4, -0.2) is 37.1 Å². The van der Waals surface area contributed by atoms with E-state index >= 15 is 0 Å². The number of rotatable bonds is 5. The van der Waals surface area contributed by atoms with Gasteiger partial charge in [-0.15, -0.1) is 0 Å². The second-order valence-electron chi connectivity index (χ2n) is 6.93. The average Bonchev–Trinajstić information content (AvgIpc) is 2.59. The van der Waals surface area contributed by atoms with Crippen LogP contribution < -0.4 is 5.32 Å². The molecular weight excluding hydrogens is 234 g/mol. The smallest absolute Gasteiger partial charge is 0.108 e. The van der Waals surface area contributed by atoms with Crippen LogP contribution in [-0.2, 0) is 0 Å². The van der Waals surface area contributed by atoms with Crippen molar-refractivity contribution < 1.29 is 0 Å². The van der Waals surface area contributed by atoms with Gasteiger partial charge >= 0.3 is 0 Å². The topological polar surface area (TPSA) is 39.1 Å². The number of likely N-dealkylation sites (tertiary alicyclic amines) is 1. The Morgan fingerprint density at radius 2 is 2.05 bits per heavy atom. The van der Waals surface area contributed by atoms with Gasteiger partial charge in [-0.25, -0.2) is 0 Å². The molecule has 1 rings (SSSR count). The number of hydrogen-bond acceptors (Lipinski definition) is 3. The van der Waals surface area contributed by atoms with Crippen LogP contribution in [0.4, 0.5) is 0 Å². The SMILES string of the molecule is CCCNC(C#N)CN1CCCC(C(C)(C)C)CC1. The third-order valence-electron chi connectivity index (χ3n) is 4.28. The lowest BCUT2D eigenvalue weighted by Gasteiger charge is -2.30. The fraction of sp³-hybridized carbons (Fsp3) is 0.938. The first-order chi connectivity index (χ1) is 8.97. The van der Waals surface area contributed by atoms with Crippen LogP contribution >= 0.6 is 0 Å². The Morgan fingerprint density at radius 1 is 1.32 bits per heavy atom. The van der Waals surface area contributed by atoms with E-state index in [1.54, 1.807) is 0 Å². The molecule has 1 heterocycles. The molecular formula is C16H31N3. The maximum Gasteiger partial charge on any atom is 0.108 e. The third kappa shape index (κ3) is 5.93. The summed E-state index contributed by atoms with van der Waals surface area (Å²) in [6.45, 7) is 13.3. The minimum atomic E-state index is -0.00821. The lowest BCUT2D eigenvalue weighted by molar-refractivity contribution is 0.206. The summed E-state index contributed by atoms with van der Waals surface area (Å²) < 4.78 is 0. The molecule has 19 heavy (non-hydrogen) atoms. The van der Waals surface area contributed by atoms with Crippen molar-refractivity contribution in [1.29, 1.82) is 5.26 Å². The molecule has 2 atom stereocenters. The molecule has 110 valence electrons. The predicted molar refractivity (Wildman–Crippen MR) is 80.9 cm³/mol. The van der Waals surface area contributed by atoms with Crippen molar-refractivity contribution in [3.8, 4) is 6.07 Å². The lowest BCUT2D eigenvalue weighted by atomic mass is 9.77. The molecule has 3 heteroatoms. The van der Waals surface area contributed by atoms with Crippen molar-refractivity contribution in [1.82, 2.24) is 10.2 Å². The van der Waals surface area contributed by atoms with E-state index in [4.69, 9.17) is 0 Å². The quantitative estimate of drug-likeness (QED) is 0.830. The van der Waals surface area contributed by atoms with Crippen molar-refractivity contribution in [3.05, 3.63) is 0 Å². The average molecular weight is 265 g/mol. The van der Waals surface area contributed by atoms with Crippen LogP contribution in [0, 0.1) is 22.7 Å². The molecule has 1 aliphatic rings. The lowest BCUT2D eigenvalue weighted by Crippen LogP contribution is -2.41. The van der Waals surface area contributed by atoms with E-state index in [1.165, 1.54) is 19.3 Å². The highest BCUT2D eigenvalue weighted by atomic mass is 15.1. The zero-order valence-corrected chi connectivity index (χ0v) is 13.2. The Balaban J connectivity index is 2.42. The standard InChI is InChI=1S/C16H31N3/c1-5-9-18-15(12-17)13-19-10-6-7-14(8-11-19)16(2,3)4/h14-15,18H,5-11,13H2,1-4H3. The minimum absolute atomic E-state index is 0.00821. The fourth-order valence-corrected chi connectivity index (χ4v) is 2.93.